The molecular formula is C12H15F2NO. The van der Waals surface area contributed by atoms with E-state index < -0.39 is 11.6 Å². The molecular weight excluding hydrogens is 212 g/mol. The quantitative estimate of drug-likeness (QED) is 0.837. The Morgan fingerprint density at radius 1 is 1.31 bits per heavy atom. The highest BCUT2D eigenvalue weighted by Crippen LogP contribution is 2.31. The van der Waals surface area contributed by atoms with Crippen molar-refractivity contribution in [2.75, 3.05) is 13.2 Å². The zero-order chi connectivity index (χ0) is 11.5. The van der Waals surface area contributed by atoms with Crippen LogP contribution in [0.2, 0.25) is 0 Å². The first-order valence-corrected chi connectivity index (χ1v) is 5.51. The molecule has 16 heavy (non-hydrogen) atoms. The Morgan fingerprint density at radius 3 is 2.69 bits per heavy atom. The predicted octanol–water partition coefficient (Wildman–Crippen LogP) is 2.25. The molecule has 1 saturated carbocycles. The third kappa shape index (κ3) is 2.70. The molecule has 0 radical (unpaired) electrons. The van der Waals surface area contributed by atoms with Gasteiger partial charge in [-0.05, 0) is 49.4 Å². The number of rotatable bonds is 5. The van der Waals surface area contributed by atoms with Gasteiger partial charge in [-0.15, -0.1) is 0 Å². The van der Waals surface area contributed by atoms with E-state index in [2.05, 4.69) is 0 Å². The van der Waals surface area contributed by atoms with Gasteiger partial charge in [0.1, 0.15) is 0 Å². The maximum atomic E-state index is 13.4. The Hall–Kier alpha value is -1.16. The summed E-state index contributed by atoms with van der Waals surface area (Å²) in [6.07, 6.45) is 2.76. The molecule has 1 aliphatic carbocycles. The van der Waals surface area contributed by atoms with E-state index in [9.17, 15) is 8.78 Å². The van der Waals surface area contributed by atoms with E-state index in [-0.39, 0.29) is 5.75 Å². The van der Waals surface area contributed by atoms with Gasteiger partial charge in [0.2, 0.25) is 5.82 Å². The van der Waals surface area contributed by atoms with Crippen molar-refractivity contribution in [3.05, 3.63) is 29.3 Å². The molecule has 2 rings (SSSR count). The van der Waals surface area contributed by atoms with Crippen molar-refractivity contribution in [3.8, 4) is 5.75 Å². The van der Waals surface area contributed by atoms with Gasteiger partial charge in [-0.2, -0.15) is 4.39 Å². The minimum atomic E-state index is -0.901. The monoisotopic (exact) mass is 227 g/mol. The van der Waals surface area contributed by atoms with E-state index in [1.54, 1.807) is 0 Å². The molecule has 0 unspecified atom stereocenters. The third-order valence-corrected chi connectivity index (χ3v) is 2.66. The minimum absolute atomic E-state index is 0.00958. The molecule has 0 heterocycles. The smallest absolute Gasteiger partial charge is 0.200 e. The van der Waals surface area contributed by atoms with Crippen LogP contribution in [0.25, 0.3) is 0 Å². The van der Waals surface area contributed by atoms with Gasteiger partial charge in [0.05, 0.1) is 6.61 Å². The van der Waals surface area contributed by atoms with E-state index in [0.717, 1.165) is 12.8 Å². The number of hydrogen-bond donors (Lipinski definition) is 1. The maximum absolute atomic E-state index is 13.4. The van der Waals surface area contributed by atoms with Gasteiger partial charge in [0.25, 0.3) is 0 Å². The summed E-state index contributed by atoms with van der Waals surface area (Å²) in [5.74, 6) is -1.24. The molecule has 1 aromatic rings. The van der Waals surface area contributed by atoms with Crippen LogP contribution in [0.3, 0.4) is 0 Å². The summed E-state index contributed by atoms with van der Waals surface area (Å²) < 4.78 is 31.8. The first-order chi connectivity index (χ1) is 7.70. The minimum Gasteiger partial charge on any atom is -0.490 e. The normalized spacial score (nSPS) is 15.2. The second-order valence-corrected chi connectivity index (χ2v) is 4.18. The second-order valence-electron chi connectivity index (χ2n) is 4.18. The van der Waals surface area contributed by atoms with Crippen LogP contribution in [0.5, 0.6) is 5.75 Å². The molecule has 2 N–H and O–H groups in total. The Kier molecular flexibility index (Phi) is 3.39. The molecule has 0 aromatic heterocycles. The summed E-state index contributed by atoms with van der Waals surface area (Å²) in [6.45, 7) is 0.884. The predicted molar refractivity (Wildman–Crippen MR) is 57.3 cm³/mol. The molecule has 1 fully saturated rings. The summed E-state index contributed by atoms with van der Waals surface area (Å²) in [7, 11) is 0. The Bertz CT molecular complexity index is 378. The fourth-order valence-corrected chi connectivity index (χ4v) is 1.53. The van der Waals surface area contributed by atoms with Crippen molar-refractivity contribution in [3.63, 3.8) is 0 Å². The van der Waals surface area contributed by atoms with Gasteiger partial charge in [-0.3, -0.25) is 0 Å². The van der Waals surface area contributed by atoms with Crippen molar-refractivity contribution in [1.82, 2.24) is 0 Å². The van der Waals surface area contributed by atoms with E-state index in [1.165, 1.54) is 12.1 Å². The fraction of sp³-hybridized carbons (Fsp3) is 0.500. The molecule has 0 spiro atoms. The van der Waals surface area contributed by atoms with Gasteiger partial charge in [-0.1, -0.05) is 0 Å². The van der Waals surface area contributed by atoms with Gasteiger partial charge in [-0.25, -0.2) is 4.39 Å². The molecule has 0 atom stereocenters. The Balaban J connectivity index is 2.12. The summed E-state index contributed by atoms with van der Waals surface area (Å²) >= 11 is 0. The number of halogens is 2. The standard InChI is InChI=1S/C12H15F2NO/c13-10-5-9(3-4-15)6-11(12(10)14)16-7-8-1-2-8/h5-6,8H,1-4,7,15H2. The molecule has 1 aliphatic rings. The Morgan fingerprint density at radius 2 is 2.06 bits per heavy atom. The molecule has 1 aromatic carbocycles. The molecule has 88 valence electrons. The molecule has 0 amide bonds. The average Bonchev–Trinajstić information content (AvgIpc) is 3.05. The third-order valence-electron chi connectivity index (χ3n) is 2.66. The lowest BCUT2D eigenvalue weighted by molar-refractivity contribution is 0.280. The summed E-state index contributed by atoms with van der Waals surface area (Å²) in [4.78, 5) is 0. The first kappa shape index (κ1) is 11.3. The van der Waals surface area contributed by atoms with Crippen LogP contribution in [-0.4, -0.2) is 13.2 Å². The van der Waals surface area contributed by atoms with E-state index in [4.69, 9.17) is 10.5 Å². The van der Waals surface area contributed by atoms with E-state index in [1.807, 2.05) is 0 Å². The average molecular weight is 227 g/mol. The van der Waals surface area contributed by atoms with Crippen LogP contribution in [0.1, 0.15) is 18.4 Å². The zero-order valence-electron chi connectivity index (χ0n) is 9.01. The van der Waals surface area contributed by atoms with E-state index in [0.29, 0.717) is 31.1 Å². The second kappa shape index (κ2) is 4.78. The van der Waals surface area contributed by atoms with Crippen LogP contribution in [-0.2, 0) is 6.42 Å². The van der Waals surface area contributed by atoms with Crippen molar-refractivity contribution in [2.24, 2.45) is 11.7 Å². The highest BCUT2D eigenvalue weighted by Gasteiger charge is 2.23. The van der Waals surface area contributed by atoms with Gasteiger partial charge >= 0.3 is 0 Å². The van der Waals surface area contributed by atoms with E-state index >= 15 is 0 Å². The highest BCUT2D eigenvalue weighted by molar-refractivity contribution is 5.31. The van der Waals surface area contributed by atoms with Crippen LogP contribution in [0.4, 0.5) is 8.78 Å². The molecule has 0 saturated heterocycles. The van der Waals surface area contributed by atoms with Gasteiger partial charge < -0.3 is 10.5 Å². The van der Waals surface area contributed by atoms with Crippen LogP contribution in [0.15, 0.2) is 12.1 Å². The lowest BCUT2D eigenvalue weighted by atomic mass is 10.1. The van der Waals surface area contributed by atoms with Crippen molar-refractivity contribution < 1.29 is 13.5 Å². The summed E-state index contributed by atoms with van der Waals surface area (Å²) in [5.41, 5.74) is 6.05. The van der Waals surface area contributed by atoms with Gasteiger partial charge in [0, 0.05) is 0 Å². The van der Waals surface area contributed by atoms with Crippen LogP contribution >= 0.6 is 0 Å². The highest BCUT2D eigenvalue weighted by atomic mass is 19.2. The molecule has 4 heteroatoms. The summed E-state index contributed by atoms with van der Waals surface area (Å²) in [5, 5.41) is 0. The topological polar surface area (TPSA) is 35.2 Å². The fourth-order valence-electron chi connectivity index (χ4n) is 1.53. The number of nitrogens with two attached hydrogens (primary N) is 1. The molecule has 2 nitrogen and oxygen atoms in total. The maximum Gasteiger partial charge on any atom is 0.200 e. The molecule has 0 aliphatic heterocycles. The number of ether oxygens (including phenoxy) is 1. The van der Waals surface area contributed by atoms with Gasteiger partial charge in [0.15, 0.2) is 11.6 Å². The van der Waals surface area contributed by atoms with Crippen molar-refractivity contribution in [1.29, 1.82) is 0 Å². The number of benzene rings is 1. The SMILES string of the molecule is NCCc1cc(F)c(F)c(OCC2CC2)c1. The largest absolute Gasteiger partial charge is 0.490 e. The summed E-state index contributed by atoms with van der Waals surface area (Å²) in [6, 6.07) is 2.71. The lowest BCUT2D eigenvalue weighted by Gasteiger charge is -2.09. The van der Waals surface area contributed by atoms with Crippen molar-refractivity contribution in [2.45, 2.75) is 19.3 Å². The van der Waals surface area contributed by atoms with Crippen molar-refractivity contribution >= 4 is 0 Å². The van der Waals surface area contributed by atoms with Crippen LogP contribution in [0, 0.1) is 17.6 Å². The molecule has 0 bridgehead atoms. The number of hydrogen-bond acceptors (Lipinski definition) is 2. The van der Waals surface area contributed by atoms with Crippen LogP contribution < -0.4 is 10.5 Å². The Labute approximate surface area is 93.4 Å². The zero-order valence-corrected chi connectivity index (χ0v) is 9.01. The lowest BCUT2D eigenvalue weighted by Crippen LogP contribution is -2.06. The first-order valence-electron chi connectivity index (χ1n) is 5.51.